The third kappa shape index (κ3) is 25.0. The van der Waals surface area contributed by atoms with Gasteiger partial charge in [-0.2, -0.15) is 27.4 Å². The van der Waals surface area contributed by atoms with E-state index in [9.17, 15) is 66.8 Å². The number of nitrogens with two attached hydrogens (primary N) is 2. The lowest BCUT2D eigenvalue weighted by Gasteiger charge is -2.24. The highest BCUT2D eigenvalue weighted by molar-refractivity contribution is 7.68. The van der Waals surface area contributed by atoms with E-state index >= 15 is 0 Å². The standard InChI is InChI=1S/2C19H25N6O13P3.2C6H15N/c2*1-11(19(27)28)24-39(29,36-12-5-3-2-4-6-12)37-41(32,33)38-40(30,31)34-8-13-7-14(26)18(35-13)25-10-23-15-16(20)21-9-22-17(15)25;2*1-4-7(5-2)6-3/h2*2-6,9-11,13-14,18,26H,7-8H2,1H3,(H,24,29)(H,27,28)(H,30,31)(H,32,33)(H2,20,21,22);2*4-6H2,1-3H3/t2*11?,13-,14+,18+,39?;;/m00../s1. The van der Waals surface area contributed by atoms with Crippen LogP contribution in [0.1, 0.15) is 80.7 Å². The fourth-order valence-electron chi connectivity index (χ4n) is 8.55. The van der Waals surface area contributed by atoms with E-state index in [-0.39, 0.29) is 58.3 Å². The summed E-state index contributed by atoms with van der Waals surface area (Å²) in [6.07, 6.45) is -1.62. The Hall–Kier alpha value is -5.66. The molecular weight excluding hydrogens is 1400 g/mol. The maximum absolute atomic E-state index is 13.1. The molecule has 536 valence electrons. The number of aromatic nitrogens is 8. The Labute approximate surface area is 550 Å². The fourth-order valence-corrected chi connectivity index (χ4v) is 17.4. The van der Waals surface area contributed by atoms with Gasteiger partial charge in [-0.1, -0.05) is 77.9 Å². The number of fused-ring (bicyclic) bond motifs is 2. The van der Waals surface area contributed by atoms with E-state index in [2.05, 4.69) is 98.5 Å². The van der Waals surface area contributed by atoms with Crippen molar-refractivity contribution in [1.29, 1.82) is 0 Å². The van der Waals surface area contributed by atoms with E-state index in [1.54, 1.807) is 12.1 Å². The number of nitrogen functional groups attached to an aromatic ring is 2. The largest absolute Gasteiger partial charge is 0.490 e. The molecule has 8 rings (SSSR count). The molecule has 0 aliphatic carbocycles. The molecule has 0 radical (unpaired) electrons. The summed E-state index contributed by atoms with van der Waals surface area (Å²) in [5.41, 5.74) is 12.5. The van der Waals surface area contributed by atoms with Crippen molar-refractivity contribution in [2.75, 3.05) is 63.9 Å². The fraction of sp³-hybridized carbons (Fsp3) is 0.520. The molecule has 6 aromatic rings. The molecule has 4 aromatic heterocycles. The van der Waals surface area contributed by atoms with Crippen molar-refractivity contribution in [3.63, 3.8) is 0 Å². The van der Waals surface area contributed by atoms with Crippen LogP contribution in [0.25, 0.3) is 22.3 Å². The molecule has 2 saturated heterocycles. The Kier molecular flexibility index (Phi) is 30.7. The Bertz CT molecular complexity index is 3520. The van der Waals surface area contributed by atoms with E-state index in [1.165, 1.54) is 122 Å². The molecule has 2 aliphatic heterocycles. The van der Waals surface area contributed by atoms with Crippen LogP contribution in [0.5, 0.6) is 11.5 Å². The highest BCUT2D eigenvalue weighted by Crippen LogP contribution is 2.69. The van der Waals surface area contributed by atoms with Gasteiger partial charge in [-0.3, -0.25) is 27.8 Å². The van der Waals surface area contributed by atoms with Crippen LogP contribution in [0.3, 0.4) is 0 Å². The lowest BCUT2D eigenvalue weighted by molar-refractivity contribution is -0.139. The third-order valence-electron chi connectivity index (χ3n) is 13.4. The second-order valence-corrected chi connectivity index (χ2v) is 30.0. The zero-order valence-electron chi connectivity index (χ0n) is 53.0. The molecule has 14 atom stereocenters. The Morgan fingerprint density at radius 2 is 0.865 bits per heavy atom. The number of aliphatic hydroxyl groups is 2. The number of carboxylic acid groups (broad SMARTS) is 2. The number of rotatable bonds is 32. The van der Waals surface area contributed by atoms with Crippen LogP contribution in [0.15, 0.2) is 86.0 Å². The molecule has 0 amide bonds. The first-order chi connectivity index (χ1) is 45.0. The molecule has 40 nitrogen and oxygen atoms in total. The van der Waals surface area contributed by atoms with Crippen molar-refractivity contribution in [3.05, 3.63) is 86.0 Å². The maximum Gasteiger partial charge on any atom is 0.490 e. The molecular formula is C50H80N14O26P6. The van der Waals surface area contributed by atoms with E-state index < -0.39 is 121 Å². The molecule has 0 saturated carbocycles. The van der Waals surface area contributed by atoms with E-state index in [0.29, 0.717) is 0 Å². The molecule has 2 aromatic carbocycles. The number of anilines is 2. The summed E-state index contributed by atoms with van der Waals surface area (Å²) >= 11 is 0. The SMILES string of the molecule is CC(NP(=O)(Oc1ccccc1)OP(=O)(O)OP(=O)(O)OC[C@@H]1C[C@@H](O)[C@H](n2cnc3c(N)ncnc32)O1)C(=O)O.CC(NP(=O)(Oc1ccccc1)OP(=O)(O)OP(=O)(O)OC[C@@H]1C[C@@H](O)[C@H](n2cnc3c(N)ncnc32)O1)C(=O)O.CCN(CC)CC.CCN(CC)CC. The number of phosphoric acid groups is 4. The average molecular weight is 1480 g/mol. The zero-order valence-corrected chi connectivity index (χ0v) is 58.4. The summed E-state index contributed by atoms with van der Waals surface area (Å²) in [7, 11) is -32.3. The minimum Gasteiger partial charge on any atom is -0.480 e. The molecule has 2 fully saturated rings. The number of hydrogen-bond acceptors (Lipinski definition) is 30. The number of ether oxygens (including phenoxy) is 2. The lowest BCUT2D eigenvalue weighted by Crippen LogP contribution is -2.33. The van der Waals surface area contributed by atoms with Gasteiger partial charge in [-0.15, -0.1) is 0 Å². The predicted molar refractivity (Wildman–Crippen MR) is 341 cm³/mol. The Morgan fingerprint density at radius 3 is 1.16 bits per heavy atom. The Morgan fingerprint density at radius 1 is 0.542 bits per heavy atom. The highest BCUT2D eigenvalue weighted by Gasteiger charge is 2.48. The molecule has 96 heavy (non-hydrogen) atoms. The van der Waals surface area contributed by atoms with Gasteiger partial charge in [0.2, 0.25) is 0 Å². The number of benzene rings is 2. The van der Waals surface area contributed by atoms with Crippen LogP contribution in [0.2, 0.25) is 0 Å². The summed E-state index contributed by atoms with van der Waals surface area (Å²) in [4.78, 5) is 91.4. The predicted octanol–water partition coefficient (Wildman–Crippen LogP) is 5.81. The van der Waals surface area contributed by atoms with Crippen molar-refractivity contribution >= 4 is 92.7 Å². The minimum absolute atomic E-state index is 0.0986. The molecule has 6 heterocycles. The van der Waals surface area contributed by atoms with Crippen LogP contribution in [0, 0.1) is 0 Å². The highest BCUT2D eigenvalue weighted by atomic mass is 31.3. The van der Waals surface area contributed by atoms with Crippen LogP contribution in [-0.2, 0) is 72.7 Å². The number of aliphatic carboxylic acids is 2. The van der Waals surface area contributed by atoms with Gasteiger partial charge in [0.05, 0.1) is 38.1 Å². The summed E-state index contributed by atoms with van der Waals surface area (Å²) in [6.45, 7) is 20.9. The number of imidazole rings is 2. The molecule has 0 spiro atoms. The van der Waals surface area contributed by atoms with Crippen LogP contribution < -0.4 is 30.7 Å². The summed E-state index contributed by atoms with van der Waals surface area (Å²) < 4.78 is 128. The first kappa shape index (κ1) is 81.0. The third-order valence-corrected chi connectivity index (χ3v) is 23.3. The van der Waals surface area contributed by atoms with Crippen LogP contribution in [0.4, 0.5) is 11.6 Å². The number of carboxylic acids is 2. The monoisotopic (exact) mass is 1480 g/mol. The topological polar surface area (TPSA) is 560 Å². The van der Waals surface area contributed by atoms with Gasteiger partial charge in [0.1, 0.15) is 59.5 Å². The van der Waals surface area contributed by atoms with Crippen LogP contribution >= 0.6 is 46.8 Å². The first-order valence-electron chi connectivity index (χ1n) is 29.2. The number of phosphoric ester groups is 2. The van der Waals surface area contributed by atoms with Gasteiger partial charge < -0.3 is 79.8 Å². The van der Waals surface area contributed by atoms with Crippen molar-refractivity contribution in [2.45, 2.75) is 117 Å². The number of aliphatic hydroxyl groups excluding tert-OH is 2. The summed E-state index contributed by atoms with van der Waals surface area (Å²) in [5, 5.41) is 43.0. The van der Waals surface area contributed by atoms with E-state index in [4.69, 9.17) is 49.2 Å². The van der Waals surface area contributed by atoms with E-state index in [0.717, 1.165) is 13.8 Å². The van der Waals surface area contributed by atoms with Crippen molar-refractivity contribution < 1.29 is 122 Å². The lowest BCUT2D eigenvalue weighted by atomic mass is 10.2. The van der Waals surface area contributed by atoms with E-state index in [1.807, 2.05) is 10.2 Å². The molecule has 14 N–H and O–H groups in total. The number of carbonyl (C=O) groups is 2. The quantitative estimate of drug-likeness (QED) is 0.0222. The van der Waals surface area contributed by atoms with Gasteiger partial charge in [-0.05, 0) is 77.4 Å². The van der Waals surface area contributed by atoms with Gasteiger partial charge >= 0.3 is 58.7 Å². The Balaban J connectivity index is 0.000000289. The maximum atomic E-state index is 13.1. The van der Waals surface area contributed by atoms with Crippen LogP contribution in [-0.4, -0.2) is 190 Å². The van der Waals surface area contributed by atoms with Gasteiger partial charge in [0.15, 0.2) is 35.4 Å². The molecule has 0 bridgehead atoms. The average Bonchev–Trinajstić information content (AvgIpc) is 1.61. The number of nitrogens with one attached hydrogen (secondary N) is 2. The second-order valence-electron chi connectivity index (χ2n) is 20.3. The van der Waals surface area contributed by atoms with Crippen molar-refractivity contribution in [1.82, 2.24) is 59.0 Å². The van der Waals surface area contributed by atoms with Crippen molar-refractivity contribution in [3.8, 4) is 11.5 Å². The number of para-hydroxylation sites is 2. The molecule has 2 aliphatic rings. The smallest absolute Gasteiger partial charge is 0.480 e. The molecule has 46 heteroatoms. The molecule has 8 unspecified atom stereocenters. The minimum atomic E-state index is -5.73. The van der Waals surface area contributed by atoms with Crippen molar-refractivity contribution in [2.24, 2.45) is 0 Å². The van der Waals surface area contributed by atoms with Gasteiger partial charge in [0, 0.05) is 12.8 Å². The normalized spacial score (nSPS) is 22.2. The summed E-state index contributed by atoms with van der Waals surface area (Å²) in [6, 6.07) is 10.9. The number of hydrogen-bond donors (Lipinski definition) is 12. The second kappa shape index (κ2) is 36.4. The van der Waals surface area contributed by atoms with Gasteiger partial charge in [0.25, 0.3) is 0 Å². The first-order valence-corrected chi connectivity index (χ1v) is 38.2. The zero-order chi connectivity index (χ0) is 71.4. The number of nitrogens with zero attached hydrogens (tertiary/aromatic N) is 10. The van der Waals surface area contributed by atoms with Gasteiger partial charge in [-0.25, -0.2) is 57.3 Å². The summed E-state index contributed by atoms with van der Waals surface area (Å²) in [5.74, 6) is -3.16.